The smallest absolute Gasteiger partial charge is 0.744 e. The summed E-state index contributed by atoms with van der Waals surface area (Å²) in [7, 11) is -14.9. The van der Waals surface area contributed by atoms with Gasteiger partial charge in [0.2, 0.25) is 35.7 Å². The zero-order valence-electron chi connectivity index (χ0n) is 42.7. The van der Waals surface area contributed by atoms with Gasteiger partial charge in [0.25, 0.3) is 10.1 Å². The summed E-state index contributed by atoms with van der Waals surface area (Å²) >= 11 is -2.63. The van der Waals surface area contributed by atoms with E-state index in [9.17, 15) is 52.9 Å². The Hall–Kier alpha value is -2.69. The van der Waals surface area contributed by atoms with E-state index in [1.165, 1.54) is 48.6 Å². The Morgan fingerprint density at radius 1 is 0.623 bits per heavy atom. The molecular weight excluding hydrogens is 1150 g/mol. The van der Waals surface area contributed by atoms with Crippen molar-refractivity contribution in [3.8, 4) is 5.75 Å². The minimum Gasteiger partial charge on any atom is -0.744 e. The maximum Gasteiger partial charge on any atom is 1.00 e. The molecule has 0 aliphatic carbocycles. The first kappa shape index (κ1) is 70.4. The second kappa shape index (κ2) is 31.5. The van der Waals surface area contributed by atoms with Crippen molar-refractivity contribution in [3.05, 3.63) is 89.5 Å². The van der Waals surface area contributed by atoms with Gasteiger partial charge in [-0.2, -0.15) is 42.7 Å². The van der Waals surface area contributed by atoms with E-state index in [1.54, 1.807) is 42.7 Å². The summed E-state index contributed by atoms with van der Waals surface area (Å²) in [6.45, 7) is 10.7. The quantitative estimate of drug-likeness (QED) is 0.00715. The van der Waals surface area contributed by atoms with E-state index in [2.05, 4.69) is 60.5 Å². The molecule has 0 amide bonds. The summed E-state index contributed by atoms with van der Waals surface area (Å²) in [6.07, 6.45) is 2.78. The SMILES string of the molecule is CCN(CC)c1nc(Nc2ccc(/C=C/c3ccc(Nc4nc(Nc5cc(C)ccc5S(=O)(=O)[O-])nc(N(CC)CC)n4)cc3SOO[O-])c(S(=O)(=O)O)c2)nc(Nc2cc(S(=O)(=O)[O-])ccc2OS(=O)[O-])n1.[Na+].[Na+].[Na+].[Na+]. The predicted molar refractivity (Wildman–Crippen MR) is 263 cm³/mol. The average molecular weight is 1200 g/mol. The van der Waals surface area contributed by atoms with Gasteiger partial charge in [-0.25, -0.2) is 21.0 Å². The molecule has 77 heavy (non-hydrogen) atoms. The Bertz CT molecular complexity index is 3410. The summed E-state index contributed by atoms with van der Waals surface area (Å²) < 4.78 is 140. The molecule has 1 unspecified atom stereocenters. The van der Waals surface area contributed by atoms with E-state index in [0.29, 0.717) is 55.0 Å². The number of hydrogen-bond acceptors (Lipinski definition) is 27. The van der Waals surface area contributed by atoms with Crippen LogP contribution in [0.1, 0.15) is 44.4 Å². The van der Waals surface area contributed by atoms with Gasteiger partial charge in [-0.15, -0.1) is 0 Å². The zero-order valence-corrected chi connectivity index (χ0v) is 54.8. The fourth-order valence-electron chi connectivity index (χ4n) is 6.64. The van der Waals surface area contributed by atoms with Gasteiger partial charge in [0.15, 0.2) is 5.75 Å². The minimum atomic E-state index is -5.02. The van der Waals surface area contributed by atoms with Crippen LogP contribution in [0.15, 0.2) is 92.4 Å². The Morgan fingerprint density at radius 3 is 1.60 bits per heavy atom. The van der Waals surface area contributed by atoms with Crippen molar-refractivity contribution >= 4 is 124 Å². The van der Waals surface area contributed by atoms with Gasteiger partial charge in [-0.1, -0.05) is 30.4 Å². The topological polar surface area (TPSA) is 392 Å². The van der Waals surface area contributed by atoms with E-state index >= 15 is 0 Å². The number of nitrogens with zero attached hydrogens (tertiary/aromatic N) is 8. The normalized spacial score (nSPS) is 11.7. The second-order valence-corrected chi connectivity index (χ2v) is 20.2. The predicted octanol–water partition coefficient (Wildman–Crippen LogP) is -7.32. The van der Waals surface area contributed by atoms with E-state index in [-0.39, 0.29) is 181 Å². The molecule has 0 radical (unpaired) electrons. The Labute approximate surface area is 539 Å². The Morgan fingerprint density at radius 2 is 1.12 bits per heavy atom. The van der Waals surface area contributed by atoms with Crippen molar-refractivity contribution < 1.29 is 185 Å². The van der Waals surface area contributed by atoms with Crippen LogP contribution in [0.3, 0.4) is 0 Å². The Kier molecular flexibility index (Phi) is 28.8. The standard InChI is InChI=1S/C41H46N12O15S5.4Na/c1-6-52(7-2)40-49-37(46-38(50-40)44-30-23-29(71(57,58)59)17-18-32(30)66-70(55)56)43-28-16-14-26(35(22-28)73(63,64)65)12-11-25-13-15-27(21-33(25)69-68-67-54)42-36-47-39(51-41(48-36)53(8-3)9-4)45-31-20-24(5)10-19-34(31)72(60,61)62;;;;/h10-23,54H,6-9H2,1-5H3,(H,55,56)(H,57,58,59)(H,60,61,62)(H,63,64,65)(H2,42,45,47,48,51)(H2,43,44,46,49,50);;;;/q;4*+1/p-4/b12-11+;;;;. The molecule has 1 atom stereocenters. The van der Waals surface area contributed by atoms with Gasteiger partial charge in [-0.3, -0.25) is 9.59 Å². The zero-order chi connectivity index (χ0) is 53.3. The van der Waals surface area contributed by atoms with Crippen molar-refractivity contribution in [2.24, 2.45) is 0 Å². The van der Waals surface area contributed by atoms with Crippen molar-refractivity contribution in [2.45, 2.75) is 54.2 Å². The van der Waals surface area contributed by atoms with E-state index in [1.807, 2.05) is 13.8 Å². The van der Waals surface area contributed by atoms with Crippen LogP contribution in [0.2, 0.25) is 0 Å². The van der Waals surface area contributed by atoms with Gasteiger partial charge in [0.1, 0.15) is 36.5 Å². The monoisotopic (exact) mass is 1190 g/mol. The van der Waals surface area contributed by atoms with E-state index in [4.69, 9.17) is 4.18 Å². The number of aromatic nitrogens is 6. The molecule has 0 aliphatic heterocycles. The molecular formula is C41H42N12Na4O15S5. The van der Waals surface area contributed by atoms with Gasteiger partial charge in [0.05, 0.1) is 33.2 Å². The van der Waals surface area contributed by atoms with Crippen LogP contribution >= 0.6 is 12.0 Å². The first-order valence-corrected chi connectivity index (χ1v) is 27.1. The van der Waals surface area contributed by atoms with Gasteiger partial charge in [-0.05, 0) is 106 Å². The summed E-state index contributed by atoms with van der Waals surface area (Å²) in [5.74, 6) is -0.824. The third-order valence-corrected chi connectivity index (χ3v) is 13.7. The molecule has 27 nitrogen and oxygen atoms in total. The molecule has 6 rings (SSSR count). The fraction of sp³-hybridized carbons (Fsp3) is 0.220. The first-order valence-electron chi connectivity index (χ1n) is 21.1. The van der Waals surface area contributed by atoms with E-state index < -0.39 is 62.2 Å². The molecule has 0 spiro atoms. The van der Waals surface area contributed by atoms with Gasteiger partial charge in [0, 0.05) is 42.4 Å². The van der Waals surface area contributed by atoms with Gasteiger partial charge < -0.3 is 54.2 Å². The number of benzene rings is 4. The summed E-state index contributed by atoms with van der Waals surface area (Å²) in [4.78, 5) is 28.2. The molecule has 5 N–H and O–H groups in total. The minimum absolute atomic E-state index is 0. The number of anilines is 10. The third-order valence-electron chi connectivity index (χ3n) is 10.0. The summed E-state index contributed by atoms with van der Waals surface area (Å²) in [6, 6.07) is 15.1. The van der Waals surface area contributed by atoms with Crippen LogP contribution < -0.4 is 159 Å². The number of rotatable bonds is 24. The molecule has 0 bridgehead atoms. The molecule has 0 saturated heterocycles. The van der Waals surface area contributed by atoms with Crippen molar-refractivity contribution in [1.29, 1.82) is 0 Å². The van der Waals surface area contributed by atoms with E-state index in [0.717, 1.165) is 24.3 Å². The molecule has 2 aromatic heterocycles. The van der Waals surface area contributed by atoms with Crippen LogP contribution in [0.4, 0.5) is 58.4 Å². The molecule has 0 saturated carbocycles. The molecule has 390 valence electrons. The molecule has 6 aromatic rings. The van der Waals surface area contributed by atoms with Crippen molar-refractivity contribution in [2.75, 3.05) is 57.2 Å². The largest absolute Gasteiger partial charge is 1.00 e. The van der Waals surface area contributed by atoms with Gasteiger partial charge >= 0.3 is 118 Å². The maximum atomic E-state index is 12.9. The molecule has 0 fully saturated rings. The number of hydrogen-bond donors (Lipinski definition) is 5. The Balaban J connectivity index is 0.00000507. The fourth-order valence-corrected chi connectivity index (χ4v) is 9.26. The van der Waals surface area contributed by atoms with Crippen LogP contribution in [-0.4, -0.2) is 104 Å². The van der Waals surface area contributed by atoms with Crippen LogP contribution in [0, 0.1) is 6.92 Å². The molecule has 2 heterocycles. The maximum absolute atomic E-state index is 12.9. The third kappa shape index (κ3) is 20.1. The number of aryl methyl sites for hydroxylation is 1. The van der Waals surface area contributed by atoms with Crippen LogP contribution in [0.5, 0.6) is 5.75 Å². The van der Waals surface area contributed by atoms with Crippen molar-refractivity contribution in [3.63, 3.8) is 0 Å². The molecule has 36 heteroatoms. The molecule has 4 aromatic carbocycles. The number of nitrogens with one attached hydrogen (secondary N) is 4. The second-order valence-electron chi connectivity index (χ2n) is 14.8. The summed E-state index contributed by atoms with van der Waals surface area (Å²) in [5.41, 5.74) is 0.911. The summed E-state index contributed by atoms with van der Waals surface area (Å²) in [5, 5.41) is 25.9. The average Bonchev–Trinajstić information content (AvgIpc) is 3.31. The first-order chi connectivity index (χ1) is 34.5. The van der Waals surface area contributed by atoms with Crippen molar-refractivity contribution in [1.82, 2.24) is 29.9 Å². The van der Waals surface area contributed by atoms with Crippen LogP contribution in [0.25, 0.3) is 12.2 Å². The molecule has 0 aliphatic rings. The van der Waals surface area contributed by atoms with Crippen LogP contribution in [-0.2, 0) is 51.1 Å².